The molecule has 4 aromatic rings. The molecule has 1 aromatic carbocycles. The van der Waals surface area contributed by atoms with Gasteiger partial charge in [-0.15, -0.1) is 5.10 Å². The highest BCUT2D eigenvalue weighted by molar-refractivity contribution is 5.96. The maximum Gasteiger partial charge on any atom is 0.221 e. The first-order valence-corrected chi connectivity index (χ1v) is 9.04. The summed E-state index contributed by atoms with van der Waals surface area (Å²) in [5.41, 5.74) is 7.99. The van der Waals surface area contributed by atoms with Gasteiger partial charge in [0, 0.05) is 0 Å². The molecule has 9 nitrogen and oxygen atoms in total. The number of hydrogen-bond acceptors (Lipinski definition) is 8. The Bertz CT molecular complexity index is 1180. The molecule has 0 fully saturated rings. The molecule has 0 saturated carbocycles. The molecule has 4 rings (SSSR count). The molecule has 0 bridgehead atoms. The molecule has 29 heavy (non-hydrogen) atoms. The minimum Gasteiger partial charge on any atom is -0.496 e. The number of nitrogen functional groups attached to an aromatic ring is 1. The highest BCUT2D eigenvalue weighted by Crippen LogP contribution is 2.32. The number of aromatic nitrogens is 6. The highest BCUT2D eigenvalue weighted by atomic mass is 16.5. The molecule has 0 aliphatic carbocycles. The second kappa shape index (κ2) is 7.10. The van der Waals surface area contributed by atoms with Gasteiger partial charge in [0.1, 0.15) is 22.7 Å². The average molecular weight is 391 g/mol. The van der Waals surface area contributed by atoms with Gasteiger partial charge in [-0.05, 0) is 38.1 Å². The van der Waals surface area contributed by atoms with Crippen molar-refractivity contribution in [3.8, 4) is 17.1 Å². The van der Waals surface area contributed by atoms with Gasteiger partial charge in [-0.3, -0.25) is 4.98 Å². The SMILES string of the molecule is COc1cccc2nc(N)nc(-c3cn(Cc4cccc(C(C)(C)O)n4)nn3)c12. The fourth-order valence-electron chi connectivity index (χ4n) is 3.08. The number of hydrogen-bond donors (Lipinski definition) is 2. The standard InChI is InChI=1S/C20H21N7O2/c1-20(2,28)16-9-4-6-12(22-16)10-27-11-14(25-26-27)18-17-13(23-19(21)24-18)7-5-8-15(17)29-3/h4-9,11,28H,10H2,1-3H3,(H2,21,23,24). The van der Waals surface area contributed by atoms with Gasteiger partial charge in [-0.1, -0.05) is 17.3 Å². The van der Waals surface area contributed by atoms with E-state index in [1.54, 1.807) is 37.9 Å². The largest absolute Gasteiger partial charge is 0.496 e. The van der Waals surface area contributed by atoms with Crippen LogP contribution >= 0.6 is 0 Å². The maximum atomic E-state index is 10.2. The quantitative estimate of drug-likeness (QED) is 0.530. The lowest BCUT2D eigenvalue weighted by molar-refractivity contribution is 0.0736. The lowest BCUT2D eigenvalue weighted by Crippen LogP contribution is -2.18. The topological polar surface area (TPSA) is 125 Å². The Balaban J connectivity index is 1.72. The van der Waals surface area contributed by atoms with Crippen molar-refractivity contribution in [2.24, 2.45) is 0 Å². The van der Waals surface area contributed by atoms with E-state index < -0.39 is 5.60 Å². The van der Waals surface area contributed by atoms with Gasteiger partial charge in [0.2, 0.25) is 5.95 Å². The monoisotopic (exact) mass is 391 g/mol. The molecule has 3 heterocycles. The molecule has 0 aliphatic heterocycles. The van der Waals surface area contributed by atoms with Crippen molar-refractivity contribution in [2.75, 3.05) is 12.8 Å². The summed E-state index contributed by atoms with van der Waals surface area (Å²) in [6.07, 6.45) is 1.77. The Hall–Kier alpha value is -3.59. The first-order chi connectivity index (χ1) is 13.8. The fraction of sp³-hybridized carbons (Fsp3) is 0.250. The third-order valence-electron chi connectivity index (χ3n) is 4.46. The van der Waals surface area contributed by atoms with Gasteiger partial charge >= 0.3 is 0 Å². The van der Waals surface area contributed by atoms with Crippen LogP contribution in [0.3, 0.4) is 0 Å². The van der Waals surface area contributed by atoms with Crippen molar-refractivity contribution in [3.05, 3.63) is 54.0 Å². The molecule has 0 amide bonds. The Morgan fingerprint density at radius 3 is 2.66 bits per heavy atom. The molecule has 0 saturated heterocycles. The van der Waals surface area contributed by atoms with E-state index >= 15 is 0 Å². The van der Waals surface area contributed by atoms with E-state index in [1.807, 2.05) is 30.3 Å². The van der Waals surface area contributed by atoms with E-state index in [0.29, 0.717) is 34.9 Å². The van der Waals surface area contributed by atoms with Crippen LogP contribution < -0.4 is 10.5 Å². The van der Waals surface area contributed by atoms with Crippen LogP contribution in [0.4, 0.5) is 5.95 Å². The second-order valence-electron chi connectivity index (χ2n) is 7.16. The number of methoxy groups -OCH3 is 1. The summed E-state index contributed by atoms with van der Waals surface area (Å²) >= 11 is 0. The number of anilines is 1. The van der Waals surface area contributed by atoms with Crippen LogP contribution in [-0.2, 0) is 12.1 Å². The molecule has 0 atom stereocenters. The first kappa shape index (κ1) is 18.8. The zero-order valence-electron chi connectivity index (χ0n) is 16.4. The molecular formula is C20H21N7O2. The Morgan fingerprint density at radius 1 is 1.10 bits per heavy atom. The summed E-state index contributed by atoms with van der Waals surface area (Å²) in [6, 6.07) is 11.0. The van der Waals surface area contributed by atoms with Crippen LogP contribution in [0.25, 0.3) is 22.3 Å². The molecule has 3 N–H and O–H groups in total. The molecular weight excluding hydrogens is 370 g/mol. The minimum absolute atomic E-state index is 0.148. The minimum atomic E-state index is -1.02. The molecule has 0 aliphatic rings. The predicted molar refractivity (Wildman–Crippen MR) is 108 cm³/mol. The zero-order valence-corrected chi connectivity index (χ0v) is 16.4. The van der Waals surface area contributed by atoms with Gasteiger partial charge < -0.3 is 15.6 Å². The van der Waals surface area contributed by atoms with Crippen LogP contribution in [0.1, 0.15) is 25.2 Å². The maximum absolute atomic E-state index is 10.2. The van der Waals surface area contributed by atoms with E-state index in [4.69, 9.17) is 10.5 Å². The van der Waals surface area contributed by atoms with Crippen molar-refractivity contribution in [3.63, 3.8) is 0 Å². The lowest BCUT2D eigenvalue weighted by Gasteiger charge is -2.17. The third-order valence-corrected chi connectivity index (χ3v) is 4.46. The van der Waals surface area contributed by atoms with E-state index in [-0.39, 0.29) is 5.95 Å². The van der Waals surface area contributed by atoms with Crippen LogP contribution in [-0.4, -0.2) is 42.2 Å². The number of pyridine rings is 1. The van der Waals surface area contributed by atoms with Crippen molar-refractivity contribution in [1.29, 1.82) is 0 Å². The summed E-state index contributed by atoms with van der Waals surface area (Å²) < 4.78 is 7.13. The van der Waals surface area contributed by atoms with E-state index in [2.05, 4.69) is 25.3 Å². The van der Waals surface area contributed by atoms with Crippen molar-refractivity contribution in [1.82, 2.24) is 29.9 Å². The molecule has 0 spiro atoms. The van der Waals surface area contributed by atoms with Crippen molar-refractivity contribution >= 4 is 16.9 Å². The normalized spacial score (nSPS) is 11.7. The Morgan fingerprint density at radius 2 is 1.90 bits per heavy atom. The van der Waals surface area contributed by atoms with Crippen LogP contribution in [0.2, 0.25) is 0 Å². The summed E-state index contributed by atoms with van der Waals surface area (Å²) in [5, 5.41) is 19.3. The summed E-state index contributed by atoms with van der Waals surface area (Å²) in [6.45, 7) is 3.79. The average Bonchev–Trinajstić information content (AvgIpc) is 3.14. The number of nitrogens with zero attached hydrogens (tertiary/aromatic N) is 6. The van der Waals surface area contributed by atoms with Gasteiger partial charge in [0.25, 0.3) is 0 Å². The first-order valence-electron chi connectivity index (χ1n) is 9.04. The van der Waals surface area contributed by atoms with Crippen LogP contribution in [0, 0.1) is 0 Å². The number of ether oxygens (including phenoxy) is 1. The molecule has 0 unspecified atom stereocenters. The van der Waals surface area contributed by atoms with E-state index in [0.717, 1.165) is 11.1 Å². The number of benzene rings is 1. The van der Waals surface area contributed by atoms with Crippen LogP contribution in [0.5, 0.6) is 5.75 Å². The van der Waals surface area contributed by atoms with Gasteiger partial charge in [0.05, 0.1) is 42.1 Å². The van der Waals surface area contributed by atoms with Crippen LogP contribution in [0.15, 0.2) is 42.6 Å². The summed E-state index contributed by atoms with van der Waals surface area (Å²) in [7, 11) is 1.59. The number of rotatable bonds is 5. The smallest absolute Gasteiger partial charge is 0.221 e. The Labute approximate surface area is 167 Å². The molecule has 9 heteroatoms. The fourth-order valence-corrected chi connectivity index (χ4v) is 3.08. The Kier molecular flexibility index (Phi) is 4.59. The summed E-state index contributed by atoms with van der Waals surface area (Å²) in [4.78, 5) is 13.2. The third kappa shape index (κ3) is 3.72. The molecule has 0 radical (unpaired) electrons. The zero-order chi connectivity index (χ0) is 20.6. The summed E-state index contributed by atoms with van der Waals surface area (Å²) in [5.74, 6) is 0.779. The van der Waals surface area contributed by atoms with Gasteiger partial charge in [0.15, 0.2) is 0 Å². The number of fused-ring (bicyclic) bond motifs is 1. The van der Waals surface area contributed by atoms with E-state index in [9.17, 15) is 5.11 Å². The lowest BCUT2D eigenvalue weighted by atomic mass is 10.0. The van der Waals surface area contributed by atoms with Crippen molar-refractivity contribution < 1.29 is 9.84 Å². The number of aliphatic hydroxyl groups is 1. The molecule has 148 valence electrons. The van der Waals surface area contributed by atoms with Gasteiger partial charge in [-0.2, -0.15) is 0 Å². The molecule has 3 aromatic heterocycles. The predicted octanol–water partition coefficient (Wildman–Crippen LogP) is 2.15. The van der Waals surface area contributed by atoms with Gasteiger partial charge in [-0.25, -0.2) is 14.6 Å². The second-order valence-corrected chi connectivity index (χ2v) is 7.16. The number of nitrogens with two attached hydrogens (primary N) is 1. The highest BCUT2D eigenvalue weighted by Gasteiger charge is 2.19. The van der Waals surface area contributed by atoms with E-state index in [1.165, 1.54) is 0 Å². The van der Waals surface area contributed by atoms with Crippen molar-refractivity contribution in [2.45, 2.75) is 26.0 Å².